The van der Waals surface area contributed by atoms with Crippen LogP contribution in [0.25, 0.3) is 0 Å². The molecule has 0 aromatic rings. The molecular formula is C35H79O15Si5+. The van der Waals surface area contributed by atoms with Crippen LogP contribution in [0.4, 0.5) is 0 Å². The molecule has 15 nitrogen and oxygen atoms in total. The molecule has 3 unspecified atom stereocenters. The number of rotatable bonds is 29. The van der Waals surface area contributed by atoms with Crippen molar-refractivity contribution in [1.29, 1.82) is 0 Å². The number of carbonyl (C=O) groups is 6. The van der Waals surface area contributed by atoms with Gasteiger partial charge in [0.2, 0.25) is 0 Å². The number of unbranched alkanes of at least 4 members (excludes halogenated alkanes) is 5. The summed E-state index contributed by atoms with van der Waals surface area (Å²) in [5.41, 5.74) is 0. The van der Waals surface area contributed by atoms with Crippen molar-refractivity contribution in [1.82, 2.24) is 0 Å². The van der Waals surface area contributed by atoms with Gasteiger partial charge in [-0.15, -0.1) is 0 Å². The lowest BCUT2D eigenvalue weighted by Gasteiger charge is -2.44. The molecule has 55 heavy (non-hydrogen) atoms. The van der Waals surface area contributed by atoms with Crippen LogP contribution in [0.1, 0.15) is 51.4 Å². The minimum Gasteiger partial charge on any atom is -0.437 e. The molecule has 1 N–H and O–H groups in total. The van der Waals surface area contributed by atoms with Crippen molar-refractivity contribution in [3.63, 3.8) is 0 Å². The normalized spacial score (nSPS) is 15.1. The van der Waals surface area contributed by atoms with Crippen LogP contribution >= 0.6 is 0 Å². The Hall–Kier alpha value is -1.55. The number of hydrogen-bond acceptors (Lipinski definition) is 14. The maximum absolute atomic E-state index is 8.73. The minimum absolute atomic E-state index is 0.284. The van der Waals surface area contributed by atoms with E-state index in [2.05, 4.69) is 65.5 Å². The molecule has 0 spiro atoms. The van der Waals surface area contributed by atoms with Gasteiger partial charge in [0.1, 0.15) is 46.8 Å². The van der Waals surface area contributed by atoms with Crippen LogP contribution in [0.5, 0.6) is 0 Å². The van der Waals surface area contributed by atoms with Crippen LogP contribution in [-0.4, -0.2) is 146 Å². The van der Waals surface area contributed by atoms with E-state index in [1.165, 1.54) is 19.1 Å². The van der Waals surface area contributed by atoms with Gasteiger partial charge in [0, 0.05) is 19.8 Å². The van der Waals surface area contributed by atoms with Crippen LogP contribution in [-0.2, 0) is 64.2 Å². The van der Waals surface area contributed by atoms with Crippen LogP contribution < -0.4 is 0 Å². The maximum atomic E-state index is 8.73. The van der Waals surface area contributed by atoms with Gasteiger partial charge in [0.15, 0.2) is 16.6 Å². The molecular weight excluding hydrogens is 801 g/mol. The van der Waals surface area contributed by atoms with E-state index in [1.54, 1.807) is 0 Å². The summed E-state index contributed by atoms with van der Waals surface area (Å²) in [6, 6.07) is 1.71. The molecule has 1 rings (SSSR count). The average molecular weight is 880 g/mol. The molecule has 1 aliphatic heterocycles. The van der Waals surface area contributed by atoms with Gasteiger partial charge in [-0.05, 0) is 103 Å². The lowest BCUT2D eigenvalue weighted by atomic mass is 10.1. The molecule has 0 aromatic heterocycles. The topological polar surface area (TPSA) is 201 Å². The van der Waals surface area contributed by atoms with Crippen molar-refractivity contribution in [2.45, 2.75) is 135 Å². The lowest BCUT2D eigenvalue weighted by molar-refractivity contribution is -0.0987. The van der Waals surface area contributed by atoms with Crippen molar-refractivity contribution in [2.75, 3.05) is 46.2 Å². The molecule has 20 heteroatoms. The molecule has 0 aliphatic carbocycles. The highest BCUT2D eigenvalue weighted by molar-refractivity contribution is 6.90. The smallest absolute Gasteiger partial charge is 0.317 e. The van der Waals surface area contributed by atoms with Gasteiger partial charge < -0.3 is 64.2 Å². The highest BCUT2D eigenvalue weighted by Gasteiger charge is 2.48. The van der Waals surface area contributed by atoms with E-state index in [-0.39, 0.29) is 6.10 Å². The third-order valence-electron chi connectivity index (χ3n) is 6.51. The Morgan fingerprint density at radius 3 is 1.31 bits per heavy atom. The molecule has 1 aliphatic rings. The molecule has 0 bridgehead atoms. The predicted molar refractivity (Wildman–Crippen MR) is 231 cm³/mol. The molecule has 0 amide bonds. The molecule has 1 saturated heterocycles. The van der Waals surface area contributed by atoms with E-state index in [0.717, 1.165) is 63.8 Å². The first kappa shape index (κ1) is 65.3. The quantitative estimate of drug-likeness (QED) is 0.0270. The molecule has 1 fully saturated rings. The Morgan fingerprint density at radius 2 is 0.891 bits per heavy atom. The Labute approximate surface area is 338 Å². The monoisotopic (exact) mass is 879 g/mol. The van der Waals surface area contributed by atoms with Gasteiger partial charge in [0.25, 0.3) is 6.29 Å². The first-order chi connectivity index (χ1) is 26.0. The van der Waals surface area contributed by atoms with E-state index in [4.69, 9.17) is 69.0 Å². The SMILES string of the molecule is C=O.C=O.C=O.C=O.C=O.C=O.C[Si](C)(C)O[Si](C)(C)O[Si](C)(CCCOCCOCCCCCCCC=[OH+])O[Si](C)(CCCOCC1CO1)O[Si](C)(C)C. The highest BCUT2D eigenvalue weighted by Crippen LogP contribution is 2.32. The lowest BCUT2D eigenvalue weighted by Crippen LogP contribution is -2.60. The largest absolute Gasteiger partial charge is 0.437 e. The third-order valence-corrected chi connectivity index (χ3v) is 24.8. The third kappa shape index (κ3) is 50.4. The summed E-state index contributed by atoms with van der Waals surface area (Å²) in [7, 11) is -11.3. The number of hydrogen-bond donors (Lipinski definition) is 0. The zero-order chi connectivity index (χ0) is 44.5. The fraction of sp³-hybridized carbons (Fsp3) is 0.800. The van der Waals surface area contributed by atoms with Crippen molar-refractivity contribution >= 4 is 89.3 Å². The molecule has 0 radical (unpaired) electrons. The van der Waals surface area contributed by atoms with Gasteiger partial charge in [0.05, 0.1) is 32.8 Å². The van der Waals surface area contributed by atoms with Gasteiger partial charge >= 0.3 is 25.7 Å². The van der Waals surface area contributed by atoms with E-state index >= 15 is 0 Å². The second-order valence-electron chi connectivity index (χ2n) is 14.5. The first-order valence-electron chi connectivity index (χ1n) is 18.3. The van der Waals surface area contributed by atoms with E-state index in [9.17, 15) is 0 Å². The zero-order valence-electron chi connectivity index (χ0n) is 36.1. The van der Waals surface area contributed by atoms with E-state index in [0.29, 0.717) is 33.0 Å². The Bertz CT molecular complexity index is 837. The average Bonchev–Trinajstić information content (AvgIpc) is 3.96. The Kier molecular flexibility index (Phi) is 50.0. The fourth-order valence-electron chi connectivity index (χ4n) is 5.29. The second-order valence-corrected chi connectivity index (χ2v) is 34.6. The van der Waals surface area contributed by atoms with Crippen molar-refractivity contribution in [2.24, 2.45) is 0 Å². The number of carbonyl (C=O) groups excluding carboxylic acids is 7. The fourth-order valence-corrected chi connectivity index (χ4v) is 29.0. The molecule has 0 saturated carbocycles. The van der Waals surface area contributed by atoms with Gasteiger partial charge in [-0.2, -0.15) is 0 Å². The molecule has 0 aromatic carbocycles. The molecule has 1 heterocycles. The van der Waals surface area contributed by atoms with Gasteiger partial charge in [-0.3, -0.25) is 4.79 Å². The predicted octanol–water partition coefficient (Wildman–Crippen LogP) is 6.20. The Morgan fingerprint density at radius 1 is 0.509 bits per heavy atom. The summed E-state index contributed by atoms with van der Waals surface area (Å²) in [6.07, 6.45) is 9.76. The van der Waals surface area contributed by atoms with Gasteiger partial charge in [-0.1, -0.05) is 19.3 Å². The standard InChI is InChI=1S/C29H66O9Si5.6CH2O/c1-39(2,3)35-41(7,8)37-43(10,26-17-21-32-24-23-31-20-16-14-12-11-13-15-19-30)38-42(9,36-40(4,5)6)25-18-22-33-27-29-28-34-29;6*1-2/h19,29H,11-18,20-28H2,1-10H3;6*1H2/p+1. The van der Waals surface area contributed by atoms with E-state index < -0.39 is 42.3 Å². The number of epoxide rings is 1. The summed E-state index contributed by atoms with van der Waals surface area (Å²) in [5.74, 6) is 0. The van der Waals surface area contributed by atoms with Crippen LogP contribution in [0.3, 0.4) is 0 Å². The molecule has 328 valence electrons. The molecule has 3 atom stereocenters. The van der Waals surface area contributed by atoms with Crippen LogP contribution in [0.15, 0.2) is 0 Å². The second kappa shape index (κ2) is 42.1. The number of aldehydes is 1. The highest BCUT2D eigenvalue weighted by atomic mass is 28.5. The number of ether oxygens (including phenoxy) is 4. The summed E-state index contributed by atoms with van der Waals surface area (Å²) in [4.78, 5) is 56.7. The van der Waals surface area contributed by atoms with Crippen LogP contribution in [0, 0.1) is 0 Å². The van der Waals surface area contributed by atoms with Gasteiger partial charge in [-0.25, -0.2) is 0 Å². The van der Waals surface area contributed by atoms with Crippen molar-refractivity contribution in [3.8, 4) is 0 Å². The minimum atomic E-state index is -2.67. The first-order valence-corrected chi connectivity index (χ1v) is 33.0. The summed E-state index contributed by atoms with van der Waals surface area (Å²) >= 11 is 0. The van der Waals surface area contributed by atoms with E-state index in [1.807, 2.05) is 40.7 Å². The zero-order valence-corrected chi connectivity index (χ0v) is 41.1. The van der Waals surface area contributed by atoms with Crippen molar-refractivity contribution < 1.29 is 69.0 Å². The Balaban J connectivity index is -0.000000453. The summed E-state index contributed by atoms with van der Waals surface area (Å²) in [6.45, 7) is 39.0. The maximum Gasteiger partial charge on any atom is 0.317 e. The van der Waals surface area contributed by atoms with Crippen LogP contribution in [0.2, 0.25) is 77.6 Å². The summed E-state index contributed by atoms with van der Waals surface area (Å²) in [5, 5.41) is 0. The van der Waals surface area contributed by atoms with Crippen molar-refractivity contribution in [3.05, 3.63) is 0 Å². The summed E-state index contributed by atoms with van der Waals surface area (Å²) < 4.78 is 50.4.